The van der Waals surface area contributed by atoms with Crippen molar-refractivity contribution in [2.75, 3.05) is 0 Å². The molecule has 0 N–H and O–H groups in total. The Morgan fingerprint density at radius 2 is 1.71 bits per heavy atom. The Hall–Kier alpha value is 1.35. The molecule has 0 nitrogen and oxygen atoms in total. The van der Waals surface area contributed by atoms with Gasteiger partial charge in [0.1, 0.15) is 0 Å². The van der Waals surface area contributed by atoms with E-state index in [9.17, 15) is 0 Å². The van der Waals surface area contributed by atoms with E-state index < -0.39 is 0 Å². The smallest absolute Gasteiger partial charge is 1.00 e. The molecular formula is C5H11NaS. The molecule has 0 aromatic heterocycles. The first-order valence-electron chi connectivity index (χ1n) is 2.57. The van der Waals surface area contributed by atoms with Crippen LogP contribution in [0.4, 0.5) is 0 Å². The van der Waals surface area contributed by atoms with Gasteiger partial charge >= 0.3 is 29.6 Å². The van der Waals surface area contributed by atoms with Gasteiger partial charge in [-0.05, 0) is 12.8 Å². The van der Waals surface area contributed by atoms with Crippen molar-refractivity contribution in [1.82, 2.24) is 0 Å². The van der Waals surface area contributed by atoms with Crippen molar-refractivity contribution in [3.05, 3.63) is 0 Å². The van der Waals surface area contributed by atoms with E-state index in [1.54, 1.807) is 0 Å². The molecule has 0 saturated heterocycles. The first-order valence-corrected chi connectivity index (χ1v) is 3.09. The maximum absolute atomic E-state index is 4.29. The SMILES string of the molecule is SC1CCCC1.[H-].[Na+]. The summed E-state index contributed by atoms with van der Waals surface area (Å²) in [6.07, 6.45) is 5.52. The Morgan fingerprint density at radius 3 is 1.86 bits per heavy atom. The minimum atomic E-state index is 0. The summed E-state index contributed by atoms with van der Waals surface area (Å²) in [5.41, 5.74) is 0. The Labute approximate surface area is 74.2 Å². The zero-order chi connectivity index (χ0) is 4.41. The number of hydrogen-bond donors (Lipinski definition) is 1. The predicted molar refractivity (Wildman–Crippen MR) is 32.4 cm³/mol. The Balaban J connectivity index is 0. The van der Waals surface area contributed by atoms with Crippen molar-refractivity contribution in [2.45, 2.75) is 30.9 Å². The number of thiol groups is 1. The van der Waals surface area contributed by atoms with Crippen LogP contribution >= 0.6 is 12.6 Å². The van der Waals surface area contributed by atoms with Crippen molar-refractivity contribution in [3.63, 3.8) is 0 Å². The fourth-order valence-corrected chi connectivity index (χ4v) is 1.27. The average molecular weight is 126 g/mol. The van der Waals surface area contributed by atoms with Crippen LogP contribution in [0, 0.1) is 0 Å². The van der Waals surface area contributed by atoms with E-state index >= 15 is 0 Å². The number of hydrogen-bond acceptors (Lipinski definition) is 1. The first kappa shape index (κ1) is 8.35. The van der Waals surface area contributed by atoms with Gasteiger partial charge in [0, 0.05) is 5.25 Å². The van der Waals surface area contributed by atoms with Crippen LogP contribution in [-0.2, 0) is 0 Å². The summed E-state index contributed by atoms with van der Waals surface area (Å²) in [5, 5.41) is 0.741. The Kier molecular flexibility index (Phi) is 5.07. The summed E-state index contributed by atoms with van der Waals surface area (Å²) in [7, 11) is 0. The van der Waals surface area contributed by atoms with Gasteiger partial charge in [0.15, 0.2) is 0 Å². The minimum absolute atomic E-state index is 0. The fraction of sp³-hybridized carbons (Fsp3) is 1.00. The quantitative estimate of drug-likeness (QED) is 0.311. The van der Waals surface area contributed by atoms with E-state index in [-0.39, 0.29) is 31.0 Å². The van der Waals surface area contributed by atoms with E-state index in [1.807, 2.05) is 0 Å². The molecule has 2 heteroatoms. The molecular weight excluding hydrogens is 115 g/mol. The third-order valence-corrected chi connectivity index (χ3v) is 1.84. The normalized spacial score (nSPS) is 21.9. The molecule has 0 atom stereocenters. The molecule has 0 aromatic rings. The Morgan fingerprint density at radius 1 is 1.29 bits per heavy atom. The Bertz CT molecular complexity index is 45.7. The summed E-state index contributed by atoms with van der Waals surface area (Å²) in [6, 6.07) is 0. The van der Waals surface area contributed by atoms with E-state index in [2.05, 4.69) is 12.6 Å². The standard InChI is InChI=1S/C5H10S.Na.H/c6-5-3-1-2-4-5;;/h5-6H,1-4H2;;/q;+1;-1. The van der Waals surface area contributed by atoms with E-state index in [4.69, 9.17) is 0 Å². The van der Waals surface area contributed by atoms with Crippen LogP contribution in [0.1, 0.15) is 27.1 Å². The molecule has 0 amide bonds. The molecule has 38 valence electrons. The molecule has 1 saturated carbocycles. The summed E-state index contributed by atoms with van der Waals surface area (Å²) >= 11 is 4.29. The van der Waals surface area contributed by atoms with Crippen LogP contribution < -0.4 is 29.6 Å². The van der Waals surface area contributed by atoms with Gasteiger partial charge in [-0.15, -0.1) is 0 Å². The molecule has 7 heavy (non-hydrogen) atoms. The van der Waals surface area contributed by atoms with E-state index in [1.165, 1.54) is 25.7 Å². The van der Waals surface area contributed by atoms with Gasteiger partial charge in [0.05, 0.1) is 0 Å². The van der Waals surface area contributed by atoms with Crippen molar-refractivity contribution >= 4 is 12.6 Å². The van der Waals surface area contributed by atoms with Crippen LogP contribution in [-0.4, -0.2) is 5.25 Å². The molecule has 0 heterocycles. The second kappa shape index (κ2) is 4.25. The molecule has 0 aromatic carbocycles. The van der Waals surface area contributed by atoms with Crippen LogP contribution in [0.15, 0.2) is 0 Å². The summed E-state index contributed by atoms with van der Waals surface area (Å²) in [4.78, 5) is 0. The molecule has 0 aliphatic heterocycles. The fourth-order valence-electron chi connectivity index (χ4n) is 0.904. The molecule has 1 aliphatic carbocycles. The predicted octanol–water partition coefficient (Wildman–Crippen LogP) is -1.02. The van der Waals surface area contributed by atoms with Crippen molar-refractivity contribution < 1.29 is 31.0 Å². The van der Waals surface area contributed by atoms with Crippen LogP contribution in [0.3, 0.4) is 0 Å². The van der Waals surface area contributed by atoms with Gasteiger partial charge in [-0.1, -0.05) is 12.8 Å². The largest absolute Gasteiger partial charge is 1.00 e. The molecule has 0 radical (unpaired) electrons. The average Bonchev–Trinajstić information content (AvgIpc) is 1.86. The summed E-state index contributed by atoms with van der Waals surface area (Å²) < 4.78 is 0. The molecule has 0 bridgehead atoms. The van der Waals surface area contributed by atoms with Crippen LogP contribution in [0.5, 0.6) is 0 Å². The van der Waals surface area contributed by atoms with Crippen molar-refractivity contribution in [3.8, 4) is 0 Å². The van der Waals surface area contributed by atoms with Crippen molar-refractivity contribution in [1.29, 1.82) is 0 Å². The first-order chi connectivity index (χ1) is 2.89. The van der Waals surface area contributed by atoms with Gasteiger partial charge < -0.3 is 1.43 Å². The zero-order valence-electron chi connectivity index (χ0n) is 5.85. The van der Waals surface area contributed by atoms with Gasteiger partial charge in [-0.2, -0.15) is 12.6 Å². The van der Waals surface area contributed by atoms with Gasteiger partial charge in [0.2, 0.25) is 0 Å². The van der Waals surface area contributed by atoms with E-state index in [0.29, 0.717) is 0 Å². The maximum Gasteiger partial charge on any atom is 1.00 e. The van der Waals surface area contributed by atoms with Crippen LogP contribution in [0.2, 0.25) is 0 Å². The second-order valence-electron chi connectivity index (χ2n) is 1.94. The maximum atomic E-state index is 4.29. The third-order valence-electron chi connectivity index (χ3n) is 1.32. The van der Waals surface area contributed by atoms with Gasteiger partial charge in [0.25, 0.3) is 0 Å². The topological polar surface area (TPSA) is 0 Å². The van der Waals surface area contributed by atoms with Crippen LogP contribution in [0.25, 0.3) is 0 Å². The zero-order valence-corrected chi connectivity index (χ0v) is 7.75. The second-order valence-corrected chi connectivity index (χ2v) is 2.67. The molecule has 0 spiro atoms. The van der Waals surface area contributed by atoms with Crippen molar-refractivity contribution in [2.24, 2.45) is 0 Å². The van der Waals surface area contributed by atoms with Gasteiger partial charge in [-0.25, -0.2) is 0 Å². The third kappa shape index (κ3) is 3.02. The summed E-state index contributed by atoms with van der Waals surface area (Å²) in [6.45, 7) is 0. The van der Waals surface area contributed by atoms with Gasteiger partial charge in [-0.3, -0.25) is 0 Å². The number of rotatable bonds is 0. The monoisotopic (exact) mass is 126 g/mol. The van der Waals surface area contributed by atoms with E-state index in [0.717, 1.165) is 5.25 Å². The minimum Gasteiger partial charge on any atom is -1.00 e. The molecule has 0 unspecified atom stereocenters. The molecule has 1 aliphatic rings. The molecule has 1 fully saturated rings. The molecule has 1 rings (SSSR count). The summed E-state index contributed by atoms with van der Waals surface area (Å²) in [5.74, 6) is 0.